The Labute approximate surface area is 234 Å². The van der Waals surface area contributed by atoms with Crippen LogP contribution >= 0.6 is 0 Å². The summed E-state index contributed by atoms with van der Waals surface area (Å²) in [4.78, 5) is 0. The van der Waals surface area contributed by atoms with Gasteiger partial charge in [0.1, 0.15) is 5.54 Å². The van der Waals surface area contributed by atoms with Gasteiger partial charge in [0.2, 0.25) is 0 Å². The van der Waals surface area contributed by atoms with Crippen molar-refractivity contribution in [2.24, 2.45) is 15.3 Å². The van der Waals surface area contributed by atoms with Gasteiger partial charge in [0.15, 0.2) is 6.17 Å². The molecule has 40 heavy (non-hydrogen) atoms. The van der Waals surface area contributed by atoms with Gasteiger partial charge in [0.25, 0.3) is 0 Å². The van der Waals surface area contributed by atoms with E-state index in [0.717, 1.165) is 33.9 Å². The summed E-state index contributed by atoms with van der Waals surface area (Å²) in [5.74, 6) is 0. The minimum atomic E-state index is -0.846. The second-order valence-corrected chi connectivity index (χ2v) is 9.63. The zero-order valence-electron chi connectivity index (χ0n) is 22.0. The van der Waals surface area contributed by atoms with Gasteiger partial charge in [-0.3, -0.25) is 0 Å². The Morgan fingerprint density at radius 3 is 1.85 bits per heavy atom. The lowest BCUT2D eigenvalue weighted by Crippen LogP contribution is -2.61. The van der Waals surface area contributed by atoms with Crippen LogP contribution in [0.25, 0.3) is 0 Å². The monoisotopic (exact) mass is 522 g/mol. The van der Waals surface area contributed by atoms with E-state index in [1.807, 2.05) is 108 Å². The second kappa shape index (κ2) is 11.8. The number of hydrogen-bond acceptors (Lipinski definition) is 6. The molecule has 0 saturated carbocycles. The molecule has 0 radical (unpaired) electrons. The number of para-hydroxylation sites is 2. The Morgan fingerprint density at radius 2 is 1.20 bits per heavy atom. The summed E-state index contributed by atoms with van der Waals surface area (Å²) in [5, 5.41) is 17.3. The highest BCUT2D eigenvalue weighted by molar-refractivity contribution is 6.02. The molecule has 6 rings (SSSR count). The van der Waals surface area contributed by atoms with Crippen LogP contribution in [0.15, 0.2) is 167 Å². The molecule has 1 aliphatic rings. The van der Waals surface area contributed by atoms with Crippen molar-refractivity contribution in [3.05, 3.63) is 163 Å². The highest BCUT2D eigenvalue weighted by atomic mass is 15.6. The van der Waals surface area contributed by atoms with Crippen LogP contribution in [0.2, 0.25) is 0 Å². The SMILES string of the molecule is c1ccc(N=N[C@@]2(c3ccccc3)CC(c3ccccc3)=NN(c3ccccc3)[C@@H]2NNc2ccccc2)cc1. The van der Waals surface area contributed by atoms with Crippen molar-refractivity contribution >= 4 is 22.8 Å². The minimum Gasteiger partial charge on any atom is -0.319 e. The highest BCUT2D eigenvalue weighted by Crippen LogP contribution is 2.42. The van der Waals surface area contributed by atoms with Crippen molar-refractivity contribution in [3.63, 3.8) is 0 Å². The number of hydrogen-bond donors (Lipinski definition) is 2. The molecule has 1 aliphatic heterocycles. The average molecular weight is 523 g/mol. The third kappa shape index (κ3) is 5.39. The average Bonchev–Trinajstić information content (AvgIpc) is 3.05. The molecule has 0 fully saturated rings. The van der Waals surface area contributed by atoms with Crippen molar-refractivity contribution in [2.75, 3.05) is 10.4 Å². The first kappa shape index (κ1) is 25.2. The molecule has 2 N–H and O–H groups in total. The van der Waals surface area contributed by atoms with Gasteiger partial charge < -0.3 is 5.43 Å². The Morgan fingerprint density at radius 1 is 0.650 bits per heavy atom. The molecule has 5 aromatic rings. The van der Waals surface area contributed by atoms with Gasteiger partial charge in [-0.15, -0.1) is 0 Å². The molecule has 2 atom stereocenters. The van der Waals surface area contributed by atoms with Gasteiger partial charge >= 0.3 is 0 Å². The molecule has 0 bridgehead atoms. The normalized spacial score (nSPS) is 18.9. The maximum atomic E-state index is 5.24. The lowest BCUT2D eigenvalue weighted by Gasteiger charge is -2.46. The summed E-state index contributed by atoms with van der Waals surface area (Å²) in [5.41, 5.74) is 11.9. The third-order valence-corrected chi connectivity index (χ3v) is 6.99. The molecule has 196 valence electrons. The van der Waals surface area contributed by atoms with Crippen LogP contribution in [0, 0.1) is 0 Å². The van der Waals surface area contributed by atoms with E-state index in [2.05, 4.69) is 59.4 Å². The van der Waals surface area contributed by atoms with Crippen molar-refractivity contribution in [3.8, 4) is 0 Å². The maximum Gasteiger partial charge on any atom is 0.150 e. The van der Waals surface area contributed by atoms with Crippen LogP contribution in [-0.4, -0.2) is 11.9 Å². The predicted octanol–water partition coefficient (Wildman–Crippen LogP) is 7.92. The summed E-state index contributed by atoms with van der Waals surface area (Å²) < 4.78 is 0. The van der Waals surface area contributed by atoms with Gasteiger partial charge in [0.05, 0.1) is 17.1 Å². The second-order valence-electron chi connectivity index (χ2n) is 9.63. The number of nitrogens with zero attached hydrogens (tertiary/aromatic N) is 4. The van der Waals surface area contributed by atoms with E-state index >= 15 is 0 Å². The number of hydrazone groups is 1. The van der Waals surface area contributed by atoms with Crippen molar-refractivity contribution in [2.45, 2.75) is 18.1 Å². The Kier molecular flexibility index (Phi) is 7.42. The van der Waals surface area contributed by atoms with E-state index in [9.17, 15) is 0 Å². The summed E-state index contributed by atoms with van der Waals surface area (Å²) >= 11 is 0. The zero-order chi connectivity index (χ0) is 27.0. The van der Waals surface area contributed by atoms with Crippen LogP contribution in [-0.2, 0) is 5.54 Å². The Hall–Kier alpha value is -5.07. The van der Waals surface area contributed by atoms with Gasteiger partial charge in [-0.2, -0.15) is 15.3 Å². The van der Waals surface area contributed by atoms with Crippen molar-refractivity contribution < 1.29 is 0 Å². The molecule has 0 aromatic heterocycles. The molecule has 0 saturated heterocycles. The highest BCUT2D eigenvalue weighted by Gasteiger charge is 2.49. The fourth-order valence-corrected chi connectivity index (χ4v) is 4.99. The molecule has 1 heterocycles. The third-order valence-electron chi connectivity index (χ3n) is 6.99. The van der Waals surface area contributed by atoms with Crippen LogP contribution in [0.1, 0.15) is 17.5 Å². The molecule has 0 spiro atoms. The van der Waals surface area contributed by atoms with E-state index in [0.29, 0.717) is 6.42 Å². The quantitative estimate of drug-likeness (QED) is 0.161. The first-order valence-corrected chi connectivity index (χ1v) is 13.4. The summed E-state index contributed by atoms with van der Waals surface area (Å²) in [6.45, 7) is 0. The van der Waals surface area contributed by atoms with E-state index < -0.39 is 11.7 Å². The van der Waals surface area contributed by atoms with E-state index in [1.165, 1.54) is 0 Å². The predicted molar refractivity (Wildman–Crippen MR) is 163 cm³/mol. The van der Waals surface area contributed by atoms with E-state index in [-0.39, 0.29) is 0 Å². The first-order valence-electron chi connectivity index (χ1n) is 13.4. The van der Waals surface area contributed by atoms with Gasteiger partial charge in [0, 0.05) is 12.1 Å². The lowest BCUT2D eigenvalue weighted by atomic mass is 9.80. The topological polar surface area (TPSA) is 64.4 Å². The molecular weight excluding hydrogens is 492 g/mol. The number of azo groups is 1. The first-order chi connectivity index (χ1) is 19.8. The van der Waals surface area contributed by atoms with Crippen molar-refractivity contribution in [1.82, 2.24) is 5.43 Å². The maximum absolute atomic E-state index is 5.24. The molecular formula is C34H30N6. The summed E-state index contributed by atoms with van der Waals surface area (Å²) in [7, 11) is 0. The molecule has 0 amide bonds. The van der Waals surface area contributed by atoms with E-state index in [1.54, 1.807) is 0 Å². The minimum absolute atomic E-state index is 0.433. The summed E-state index contributed by atoms with van der Waals surface area (Å²) in [6.07, 6.45) is 0.104. The molecule has 0 unspecified atom stereocenters. The van der Waals surface area contributed by atoms with Gasteiger partial charge in [-0.25, -0.2) is 10.4 Å². The fraction of sp³-hybridized carbons (Fsp3) is 0.0882. The van der Waals surface area contributed by atoms with E-state index in [4.69, 9.17) is 15.3 Å². The number of anilines is 2. The molecule has 6 heteroatoms. The number of benzene rings is 5. The van der Waals surface area contributed by atoms with Crippen LogP contribution in [0.4, 0.5) is 17.1 Å². The Bertz CT molecular complexity index is 1560. The molecule has 6 nitrogen and oxygen atoms in total. The Balaban J connectivity index is 1.56. The van der Waals surface area contributed by atoms with Crippen LogP contribution in [0.5, 0.6) is 0 Å². The van der Waals surface area contributed by atoms with Crippen molar-refractivity contribution in [1.29, 1.82) is 0 Å². The zero-order valence-corrected chi connectivity index (χ0v) is 22.0. The number of nitrogens with one attached hydrogen (secondary N) is 2. The standard InChI is InChI=1S/C34H30N6/c1-6-16-27(17-7-1)32-26-34(28-18-8-2-9-19-28,39-36-30-22-12-4-13-23-30)33(37-35-29-20-10-3-11-21-29)40(38-32)31-24-14-5-15-25-31/h1-25,33,35,37H,26H2/t33-,34+/m0/s1. The largest absolute Gasteiger partial charge is 0.319 e. The van der Waals surface area contributed by atoms with Gasteiger partial charge in [-0.1, -0.05) is 115 Å². The molecule has 5 aromatic carbocycles. The number of rotatable bonds is 8. The number of hydrazine groups is 1. The smallest absolute Gasteiger partial charge is 0.150 e. The fourth-order valence-electron chi connectivity index (χ4n) is 4.99. The lowest BCUT2D eigenvalue weighted by molar-refractivity contribution is 0.288. The van der Waals surface area contributed by atoms with Gasteiger partial charge in [-0.05, 0) is 47.5 Å². The summed E-state index contributed by atoms with van der Waals surface area (Å²) in [6, 6.07) is 50.8. The van der Waals surface area contributed by atoms with Crippen LogP contribution < -0.4 is 15.9 Å². The molecule has 0 aliphatic carbocycles. The van der Waals surface area contributed by atoms with Crippen LogP contribution in [0.3, 0.4) is 0 Å².